The molecule has 1 atom stereocenters. The first kappa shape index (κ1) is 13.5. The number of aromatic nitrogens is 1. The molecule has 0 bridgehead atoms. The molecule has 1 aliphatic rings. The van der Waals surface area contributed by atoms with Gasteiger partial charge in [0.05, 0.1) is 6.61 Å². The number of aliphatic hydroxyl groups is 1. The lowest BCUT2D eigenvalue weighted by molar-refractivity contribution is -0.169. The molecular weight excluding hydrogens is 234 g/mol. The van der Waals surface area contributed by atoms with Gasteiger partial charge in [0.15, 0.2) is 17.9 Å². The fraction of sp³-hybridized carbons (Fsp3) is 0.769. The third-order valence-electron chi connectivity index (χ3n) is 2.97. The first-order valence-corrected chi connectivity index (χ1v) is 6.65. The number of oxazole rings is 1. The van der Waals surface area contributed by atoms with Gasteiger partial charge in [-0.15, -0.1) is 0 Å². The molecule has 1 fully saturated rings. The number of hydrogen-bond donors (Lipinski definition) is 1. The Morgan fingerprint density at radius 1 is 1.44 bits per heavy atom. The van der Waals surface area contributed by atoms with E-state index in [9.17, 15) is 5.11 Å². The van der Waals surface area contributed by atoms with Crippen molar-refractivity contribution in [3.05, 3.63) is 17.3 Å². The Balaban J connectivity index is 1.90. The Kier molecular flexibility index (Phi) is 5.16. The van der Waals surface area contributed by atoms with Crippen LogP contribution in [-0.4, -0.2) is 23.0 Å². The first-order valence-electron chi connectivity index (χ1n) is 6.65. The minimum Gasteiger partial charge on any atom is -0.443 e. The number of nitrogens with zero attached hydrogens (tertiary/aromatic N) is 1. The molecule has 0 aromatic carbocycles. The highest BCUT2D eigenvalue weighted by molar-refractivity contribution is 5.08. The number of aryl methyl sites for hydroxylation is 1. The van der Waals surface area contributed by atoms with Gasteiger partial charge in [-0.1, -0.05) is 6.92 Å². The first-order chi connectivity index (χ1) is 8.83. The molecule has 2 heterocycles. The minimum atomic E-state index is -0.142. The predicted octanol–water partition coefficient (Wildman–Crippen LogP) is 2.16. The molecule has 0 spiro atoms. The van der Waals surface area contributed by atoms with Gasteiger partial charge in [0, 0.05) is 13.0 Å². The smallest absolute Gasteiger partial charge is 0.194 e. The van der Waals surface area contributed by atoms with E-state index in [0.717, 1.165) is 38.7 Å². The number of aliphatic hydroxyl groups excluding tert-OH is 1. The molecule has 102 valence electrons. The van der Waals surface area contributed by atoms with E-state index in [2.05, 4.69) is 11.9 Å². The molecule has 2 rings (SSSR count). The average Bonchev–Trinajstić information content (AvgIpc) is 2.80. The molecule has 1 aromatic heterocycles. The van der Waals surface area contributed by atoms with Crippen LogP contribution in [0.15, 0.2) is 4.42 Å². The van der Waals surface area contributed by atoms with Gasteiger partial charge < -0.3 is 19.0 Å². The largest absolute Gasteiger partial charge is 0.443 e. The van der Waals surface area contributed by atoms with Gasteiger partial charge in [0.2, 0.25) is 0 Å². The van der Waals surface area contributed by atoms with Crippen LogP contribution in [0.25, 0.3) is 0 Å². The fourth-order valence-corrected chi connectivity index (χ4v) is 2.01. The quantitative estimate of drug-likeness (QED) is 0.843. The lowest BCUT2D eigenvalue weighted by Gasteiger charge is -2.22. The Morgan fingerprint density at radius 2 is 2.33 bits per heavy atom. The highest BCUT2D eigenvalue weighted by Crippen LogP contribution is 2.18. The van der Waals surface area contributed by atoms with E-state index in [1.165, 1.54) is 0 Å². The normalized spacial score (nSPS) is 20.2. The van der Waals surface area contributed by atoms with Crippen molar-refractivity contribution in [1.29, 1.82) is 0 Å². The molecule has 0 amide bonds. The summed E-state index contributed by atoms with van der Waals surface area (Å²) in [6, 6.07) is 0. The van der Waals surface area contributed by atoms with Gasteiger partial charge in [-0.2, -0.15) is 0 Å². The fourth-order valence-electron chi connectivity index (χ4n) is 2.01. The molecule has 5 heteroatoms. The minimum absolute atomic E-state index is 0.138. The Hall–Kier alpha value is -0.910. The van der Waals surface area contributed by atoms with Crippen LogP contribution in [0, 0.1) is 0 Å². The summed E-state index contributed by atoms with van der Waals surface area (Å²) in [5.41, 5.74) is 0.690. The molecule has 0 aliphatic carbocycles. The van der Waals surface area contributed by atoms with Crippen molar-refractivity contribution in [3.8, 4) is 0 Å². The molecule has 1 unspecified atom stereocenters. The highest BCUT2D eigenvalue weighted by Gasteiger charge is 2.17. The zero-order valence-electron chi connectivity index (χ0n) is 10.9. The molecule has 0 saturated carbocycles. The topological polar surface area (TPSA) is 64.7 Å². The molecule has 1 aromatic rings. The van der Waals surface area contributed by atoms with Gasteiger partial charge >= 0.3 is 0 Å². The molecular formula is C13H21NO4. The van der Waals surface area contributed by atoms with Crippen LogP contribution < -0.4 is 0 Å². The molecule has 1 aliphatic heterocycles. The van der Waals surface area contributed by atoms with Crippen LogP contribution in [0.1, 0.15) is 50.0 Å². The van der Waals surface area contributed by atoms with Crippen molar-refractivity contribution in [2.45, 2.75) is 58.5 Å². The average molecular weight is 255 g/mol. The van der Waals surface area contributed by atoms with Crippen LogP contribution in [0.4, 0.5) is 0 Å². The molecule has 1 saturated heterocycles. The van der Waals surface area contributed by atoms with E-state index < -0.39 is 0 Å². The van der Waals surface area contributed by atoms with Crippen LogP contribution in [0.5, 0.6) is 0 Å². The van der Waals surface area contributed by atoms with Gasteiger partial charge in [0.1, 0.15) is 12.3 Å². The third-order valence-corrected chi connectivity index (χ3v) is 2.97. The Bertz CT molecular complexity index is 358. The maximum absolute atomic E-state index is 9.22. The van der Waals surface area contributed by atoms with Crippen molar-refractivity contribution in [3.63, 3.8) is 0 Å². The molecule has 1 N–H and O–H groups in total. The van der Waals surface area contributed by atoms with Crippen molar-refractivity contribution in [2.75, 3.05) is 6.61 Å². The summed E-state index contributed by atoms with van der Waals surface area (Å²) in [4.78, 5) is 4.35. The Morgan fingerprint density at radius 3 is 3.00 bits per heavy atom. The van der Waals surface area contributed by atoms with E-state index in [-0.39, 0.29) is 12.9 Å². The van der Waals surface area contributed by atoms with Crippen LogP contribution >= 0.6 is 0 Å². The zero-order valence-corrected chi connectivity index (χ0v) is 10.9. The highest BCUT2D eigenvalue weighted by atomic mass is 16.7. The molecule has 5 nitrogen and oxygen atoms in total. The van der Waals surface area contributed by atoms with Gasteiger partial charge in [-0.25, -0.2) is 4.98 Å². The standard InChI is InChI=1S/C13H21NO4/c1-2-5-12-14-10(11(8-15)18-12)9-17-13-6-3-4-7-16-13/h13,15H,2-9H2,1H3. The summed E-state index contributed by atoms with van der Waals surface area (Å²) in [6.07, 6.45) is 4.78. The van der Waals surface area contributed by atoms with Crippen LogP contribution in [0.2, 0.25) is 0 Å². The number of rotatable bonds is 6. The summed E-state index contributed by atoms with van der Waals surface area (Å²) in [5, 5.41) is 9.22. The second-order valence-corrected chi connectivity index (χ2v) is 4.49. The van der Waals surface area contributed by atoms with Crippen molar-refractivity contribution >= 4 is 0 Å². The van der Waals surface area contributed by atoms with Crippen molar-refractivity contribution < 1.29 is 19.0 Å². The SMILES string of the molecule is CCCc1nc(COC2CCCCO2)c(CO)o1. The maximum Gasteiger partial charge on any atom is 0.194 e. The number of ether oxygens (including phenoxy) is 2. The van der Waals surface area contributed by atoms with E-state index in [4.69, 9.17) is 13.9 Å². The van der Waals surface area contributed by atoms with Gasteiger partial charge in [-0.3, -0.25) is 0 Å². The van der Waals surface area contributed by atoms with E-state index >= 15 is 0 Å². The monoisotopic (exact) mass is 255 g/mol. The van der Waals surface area contributed by atoms with E-state index in [1.807, 2.05) is 0 Å². The van der Waals surface area contributed by atoms with E-state index in [0.29, 0.717) is 24.0 Å². The lowest BCUT2D eigenvalue weighted by Crippen LogP contribution is -2.22. The maximum atomic E-state index is 9.22. The second-order valence-electron chi connectivity index (χ2n) is 4.49. The second kappa shape index (κ2) is 6.87. The van der Waals surface area contributed by atoms with Gasteiger partial charge in [0.25, 0.3) is 0 Å². The Labute approximate surface area is 107 Å². The summed E-state index contributed by atoms with van der Waals surface area (Å²) in [6.45, 7) is 3.03. The summed E-state index contributed by atoms with van der Waals surface area (Å²) < 4.78 is 16.6. The molecule has 0 radical (unpaired) electrons. The predicted molar refractivity (Wildman–Crippen MR) is 64.8 cm³/mol. The lowest BCUT2D eigenvalue weighted by atomic mass is 10.2. The zero-order chi connectivity index (χ0) is 12.8. The van der Waals surface area contributed by atoms with Crippen LogP contribution in [0.3, 0.4) is 0 Å². The van der Waals surface area contributed by atoms with Gasteiger partial charge in [-0.05, 0) is 25.7 Å². The van der Waals surface area contributed by atoms with Crippen molar-refractivity contribution in [1.82, 2.24) is 4.98 Å². The summed E-state index contributed by atoms with van der Waals surface area (Å²) in [7, 11) is 0. The van der Waals surface area contributed by atoms with E-state index in [1.54, 1.807) is 0 Å². The summed E-state index contributed by atoms with van der Waals surface area (Å²) in [5.74, 6) is 1.18. The number of hydrogen-bond acceptors (Lipinski definition) is 5. The van der Waals surface area contributed by atoms with Crippen molar-refractivity contribution in [2.24, 2.45) is 0 Å². The molecule has 18 heavy (non-hydrogen) atoms. The third kappa shape index (κ3) is 3.54. The summed E-state index contributed by atoms with van der Waals surface area (Å²) >= 11 is 0. The van der Waals surface area contributed by atoms with Crippen LogP contribution in [-0.2, 0) is 29.1 Å².